The van der Waals surface area contributed by atoms with Gasteiger partial charge in [-0.15, -0.1) is 0 Å². The van der Waals surface area contributed by atoms with Gasteiger partial charge in [-0.25, -0.2) is 4.68 Å². The number of amides is 1. The van der Waals surface area contributed by atoms with Gasteiger partial charge in [0.25, 0.3) is 5.91 Å². The number of nitrogen functional groups attached to an aromatic ring is 1. The number of nitrogens with one attached hydrogen (secondary N) is 1. The molecule has 3 aromatic rings. The molecule has 1 heterocycles. The Balaban J connectivity index is 1.94. The van der Waals surface area contributed by atoms with Gasteiger partial charge in [0, 0.05) is 10.6 Å². The van der Waals surface area contributed by atoms with Gasteiger partial charge in [0.15, 0.2) is 5.82 Å². The maximum atomic E-state index is 12.3. The number of hydrogen-bond acceptors (Lipinski definition) is 3. The van der Waals surface area contributed by atoms with Crippen LogP contribution in [0.25, 0.3) is 5.69 Å². The van der Waals surface area contributed by atoms with Crippen LogP contribution in [0.1, 0.15) is 16.1 Å². The number of anilines is 2. The third-order valence-electron chi connectivity index (χ3n) is 3.42. The van der Waals surface area contributed by atoms with Crippen molar-refractivity contribution in [2.75, 3.05) is 11.1 Å². The normalized spacial score (nSPS) is 10.5. The Morgan fingerprint density at radius 3 is 2.61 bits per heavy atom. The molecule has 3 rings (SSSR count). The minimum Gasteiger partial charge on any atom is -0.382 e. The zero-order valence-corrected chi connectivity index (χ0v) is 13.2. The van der Waals surface area contributed by atoms with E-state index in [4.69, 9.17) is 17.3 Å². The summed E-state index contributed by atoms with van der Waals surface area (Å²) in [5.74, 6) is 0.125. The molecule has 1 amide bonds. The summed E-state index contributed by atoms with van der Waals surface area (Å²) in [6.45, 7) is 1.79. The lowest BCUT2D eigenvalue weighted by atomic mass is 10.2. The van der Waals surface area contributed by atoms with Crippen molar-refractivity contribution in [2.45, 2.75) is 6.92 Å². The van der Waals surface area contributed by atoms with Crippen LogP contribution in [-0.4, -0.2) is 15.7 Å². The average molecular weight is 327 g/mol. The van der Waals surface area contributed by atoms with Gasteiger partial charge in [-0.2, -0.15) is 5.10 Å². The van der Waals surface area contributed by atoms with Crippen LogP contribution >= 0.6 is 11.6 Å². The van der Waals surface area contributed by atoms with Gasteiger partial charge in [0.05, 0.1) is 11.4 Å². The number of carbonyl (C=O) groups excluding carboxylic acids is 1. The average Bonchev–Trinajstić information content (AvgIpc) is 2.84. The van der Waals surface area contributed by atoms with Gasteiger partial charge in [-0.1, -0.05) is 35.9 Å². The Bertz CT molecular complexity index is 858. The molecule has 0 unspecified atom stereocenters. The van der Waals surface area contributed by atoms with E-state index in [1.165, 1.54) is 0 Å². The molecule has 3 N–H and O–H groups in total. The van der Waals surface area contributed by atoms with Crippen molar-refractivity contribution in [3.8, 4) is 5.69 Å². The molecule has 0 spiro atoms. The van der Waals surface area contributed by atoms with Gasteiger partial charge in [-0.05, 0) is 37.3 Å². The Morgan fingerprint density at radius 2 is 1.91 bits per heavy atom. The van der Waals surface area contributed by atoms with Crippen molar-refractivity contribution in [1.29, 1.82) is 0 Å². The highest BCUT2D eigenvalue weighted by Gasteiger charge is 2.17. The van der Waals surface area contributed by atoms with Crippen LogP contribution in [0, 0.1) is 6.92 Å². The van der Waals surface area contributed by atoms with Gasteiger partial charge >= 0.3 is 0 Å². The molecule has 116 valence electrons. The third-order valence-corrected chi connectivity index (χ3v) is 3.66. The monoisotopic (exact) mass is 326 g/mol. The number of rotatable bonds is 3. The zero-order chi connectivity index (χ0) is 16.4. The SMILES string of the molecule is Cc1nn(-c2cccc(Cl)c2)c(N)c1NC(=O)c1ccccc1. The molecule has 0 aliphatic rings. The zero-order valence-electron chi connectivity index (χ0n) is 12.5. The Kier molecular flexibility index (Phi) is 4.04. The van der Waals surface area contributed by atoms with Crippen LogP contribution in [0.5, 0.6) is 0 Å². The molecule has 0 atom stereocenters. The highest BCUT2D eigenvalue weighted by molar-refractivity contribution is 6.30. The Hall–Kier alpha value is -2.79. The van der Waals surface area contributed by atoms with E-state index in [1.807, 2.05) is 18.2 Å². The van der Waals surface area contributed by atoms with Crippen molar-refractivity contribution < 1.29 is 4.79 Å². The summed E-state index contributed by atoms with van der Waals surface area (Å²) in [4.78, 5) is 12.3. The number of aryl methyl sites for hydroxylation is 1. The summed E-state index contributed by atoms with van der Waals surface area (Å²) in [5.41, 5.74) is 8.58. The molecule has 5 nitrogen and oxygen atoms in total. The van der Waals surface area contributed by atoms with Crippen molar-refractivity contribution in [1.82, 2.24) is 9.78 Å². The van der Waals surface area contributed by atoms with Gasteiger partial charge in [-0.3, -0.25) is 4.79 Å². The fraction of sp³-hybridized carbons (Fsp3) is 0.0588. The predicted molar refractivity (Wildman–Crippen MR) is 92.1 cm³/mol. The molecule has 23 heavy (non-hydrogen) atoms. The van der Waals surface area contributed by atoms with Crippen molar-refractivity contribution >= 4 is 29.0 Å². The largest absolute Gasteiger partial charge is 0.382 e. The number of carbonyl (C=O) groups is 1. The maximum absolute atomic E-state index is 12.3. The lowest BCUT2D eigenvalue weighted by molar-refractivity contribution is 0.102. The lowest BCUT2D eigenvalue weighted by Crippen LogP contribution is -2.13. The molecule has 0 aliphatic heterocycles. The molecule has 1 aromatic heterocycles. The molecule has 2 aromatic carbocycles. The molecule has 0 fully saturated rings. The number of hydrogen-bond donors (Lipinski definition) is 2. The van der Waals surface area contributed by atoms with Crippen LogP contribution in [0.15, 0.2) is 54.6 Å². The number of benzene rings is 2. The highest BCUT2D eigenvalue weighted by atomic mass is 35.5. The van der Waals surface area contributed by atoms with Crippen molar-refractivity contribution in [3.05, 3.63) is 70.9 Å². The lowest BCUT2D eigenvalue weighted by Gasteiger charge is -2.07. The molecular weight excluding hydrogens is 312 g/mol. The Morgan fingerprint density at radius 1 is 1.17 bits per heavy atom. The van der Waals surface area contributed by atoms with E-state index >= 15 is 0 Å². The molecule has 0 bridgehead atoms. The summed E-state index contributed by atoms with van der Waals surface area (Å²) in [7, 11) is 0. The van der Waals surface area contributed by atoms with Crippen molar-refractivity contribution in [2.24, 2.45) is 0 Å². The van der Waals surface area contributed by atoms with Crippen LogP contribution in [-0.2, 0) is 0 Å². The number of halogens is 1. The molecular formula is C17H15ClN4O. The minimum atomic E-state index is -0.231. The predicted octanol–water partition coefficient (Wildman–Crippen LogP) is 3.67. The molecule has 0 radical (unpaired) electrons. The minimum absolute atomic E-state index is 0.231. The first-order chi connectivity index (χ1) is 11.1. The summed E-state index contributed by atoms with van der Waals surface area (Å²) in [6.07, 6.45) is 0. The fourth-order valence-electron chi connectivity index (χ4n) is 2.28. The summed E-state index contributed by atoms with van der Waals surface area (Å²) < 4.78 is 1.56. The van der Waals surface area contributed by atoms with Gasteiger partial charge < -0.3 is 11.1 Å². The number of nitrogens with two attached hydrogens (primary N) is 1. The first-order valence-electron chi connectivity index (χ1n) is 7.03. The quantitative estimate of drug-likeness (QED) is 0.771. The van der Waals surface area contributed by atoms with Crippen LogP contribution in [0.3, 0.4) is 0 Å². The third kappa shape index (κ3) is 3.05. The Labute approximate surface area is 138 Å². The van der Waals surface area contributed by atoms with Gasteiger partial charge in [0.2, 0.25) is 0 Å². The summed E-state index contributed by atoms with van der Waals surface area (Å²) in [5, 5.41) is 7.79. The van der Waals surface area contributed by atoms with E-state index in [2.05, 4.69) is 10.4 Å². The molecule has 0 saturated carbocycles. The van der Waals surface area contributed by atoms with E-state index in [1.54, 1.807) is 48.0 Å². The van der Waals surface area contributed by atoms with E-state index in [-0.39, 0.29) is 5.91 Å². The second kappa shape index (κ2) is 6.14. The molecule has 6 heteroatoms. The first-order valence-corrected chi connectivity index (χ1v) is 7.41. The van der Waals surface area contributed by atoms with Crippen molar-refractivity contribution in [3.63, 3.8) is 0 Å². The van der Waals surface area contributed by atoms with E-state index in [9.17, 15) is 4.79 Å². The van der Waals surface area contributed by atoms with E-state index in [0.717, 1.165) is 5.69 Å². The number of aromatic nitrogens is 2. The van der Waals surface area contributed by atoms with Gasteiger partial charge in [0.1, 0.15) is 5.69 Å². The smallest absolute Gasteiger partial charge is 0.255 e. The second-order valence-electron chi connectivity index (χ2n) is 5.06. The molecule has 0 aliphatic carbocycles. The fourth-order valence-corrected chi connectivity index (χ4v) is 2.46. The molecule has 0 saturated heterocycles. The van der Waals surface area contributed by atoms with Crippen LogP contribution in [0.2, 0.25) is 5.02 Å². The maximum Gasteiger partial charge on any atom is 0.255 e. The highest BCUT2D eigenvalue weighted by Crippen LogP contribution is 2.27. The number of nitrogens with zero attached hydrogens (tertiary/aromatic N) is 2. The standard InChI is InChI=1S/C17H15ClN4O/c1-11-15(20-17(23)12-6-3-2-4-7-12)16(19)22(21-11)14-9-5-8-13(18)10-14/h2-10H,19H2,1H3,(H,20,23). The second-order valence-corrected chi connectivity index (χ2v) is 5.49. The van der Waals surface area contributed by atoms with Crippen LogP contribution in [0.4, 0.5) is 11.5 Å². The van der Waals surface area contributed by atoms with Crippen LogP contribution < -0.4 is 11.1 Å². The van der Waals surface area contributed by atoms with E-state index < -0.39 is 0 Å². The summed E-state index contributed by atoms with van der Waals surface area (Å²) >= 11 is 6.01. The van der Waals surface area contributed by atoms with E-state index in [0.29, 0.717) is 27.8 Å². The summed E-state index contributed by atoms with van der Waals surface area (Å²) in [6, 6.07) is 16.1. The topological polar surface area (TPSA) is 72.9 Å². The first kappa shape index (κ1) is 15.1.